The first-order valence-corrected chi connectivity index (χ1v) is 12.6. The average molecular weight is 444 g/mol. The normalized spacial score (nSPS) is 20.5. The molecule has 1 aliphatic heterocycles. The van der Waals surface area contributed by atoms with E-state index in [-0.39, 0.29) is 41.6 Å². The second-order valence-electron chi connectivity index (χ2n) is 7.96. The Kier molecular flexibility index (Phi) is 4.74. The Labute approximate surface area is 177 Å². The van der Waals surface area contributed by atoms with E-state index in [4.69, 9.17) is 0 Å². The minimum Gasteiger partial charge on any atom is -0.334 e. The van der Waals surface area contributed by atoms with E-state index in [1.165, 1.54) is 22.2 Å². The van der Waals surface area contributed by atoms with Crippen molar-refractivity contribution in [1.82, 2.24) is 14.5 Å². The van der Waals surface area contributed by atoms with E-state index in [1.807, 2.05) is 36.4 Å². The van der Waals surface area contributed by atoms with Crippen LogP contribution in [0.4, 0.5) is 0 Å². The Morgan fingerprint density at radius 2 is 1.93 bits per heavy atom. The average Bonchev–Trinajstić information content (AvgIpc) is 3.34. The topological polar surface area (TPSA) is 89.3 Å². The summed E-state index contributed by atoms with van der Waals surface area (Å²) in [5, 5.41) is 0.496. The van der Waals surface area contributed by atoms with Gasteiger partial charge in [0.15, 0.2) is 9.84 Å². The SMILES string of the molecule is O=C(Cn1cnc2sc(-c3ccccc3)cc2c1=O)N(C1CC1)[C@H]1CCS(=O)(=O)C1. The van der Waals surface area contributed by atoms with E-state index in [1.54, 1.807) is 4.90 Å². The third-order valence-electron chi connectivity index (χ3n) is 5.71. The van der Waals surface area contributed by atoms with Crippen molar-refractivity contribution in [3.63, 3.8) is 0 Å². The van der Waals surface area contributed by atoms with Crippen molar-refractivity contribution < 1.29 is 13.2 Å². The number of aromatic nitrogens is 2. The molecular formula is C21H21N3O4S2. The molecule has 1 saturated carbocycles. The molecule has 7 nitrogen and oxygen atoms in total. The summed E-state index contributed by atoms with van der Waals surface area (Å²) < 4.78 is 25.1. The minimum absolute atomic E-state index is 0.0202. The zero-order chi connectivity index (χ0) is 20.9. The molecule has 3 heterocycles. The molecule has 0 N–H and O–H groups in total. The summed E-state index contributed by atoms with van der Waals surface area (Å²) in [6.45, 7) is -0.120. The molecule has 30 heavy (non-hydrogen) atoms. The third kappa shape index (κ3) is 3.67. The maximum absolute atomic E-state index is 13.1. The molecular weight excluding hydrogens is 422 g/mol. The van der Waals surface area contributed by atoms with E-state index in [2.05, 4.69) is 4.98 Å². The van der Waals surface area contributed by atoms with Crippen LogP contribution < -0.4 is 5.56 Å². The lowest BCUT2D eigenvalue weighted by Crippen LogP contribution is -2.45. The Morgan fingerprint density at radius 1 is 1.17 bits per heavy atom. The van der Waals surface area contributed by atoms with Gasteiger partial charge in [-0.25, -0.2) is 13.4 Å². The number of benzene rings is 1. The van der Waals surface area contributed by atoms with E-state index >= 15 is 0 Å². The van der Waals surface area contributed by atoms with Crippen LogP contribution >= 0.6 is 11.3 Å². The van der Waals surface area contributed by atoms with Crippen LogP contribution in [0, 0.1) is 0 Å². The molecule has 5 rings (SSSR count). The van der Waals surface area contributed by atoms with Crippen molar-refractivity contribution in [2.24, 2.45) is 0 Å². The number of carbonyl (C=O) groups is 1. The molecule has 1 amide bonds. The standard InChI is InChI=1S/C21H21N3O4S2/c25-19(24(15-6-7-15)16-8-9-30(27,28)12-16)11-23-13-22-20-17(21(23)26)10-18(29-20)14-4-2-1-3-5-14/h1-5,10,13,15-16H,6-9,11-12H2/t16-/m0/s1. The number of carbonyl (C=O) groups excluding carboxylic acids is 1. The fraction of sp³-hybridized carbons (Fsp3) is 0.381. The van der Waals surface area contributed by atoms with Crippen molar-refractivity contribution >= 4 is 37.3 Å². The van der Waals surface area contributed by atoms with Gasteiger partial charge in [0.1, 0.15) is 11.4 Å². The molecule has 1 aliphatic carbocycles. The summed E-state index contributed by atoms with van der Waals surface area (Å²) in [6, 6.07) is 11.4. The molecule has 2 aromatic heterocycles. The van der Waals surface area contributed by atoms with Gasteiger partial charge in [-0.15, -0.1) is 11.3 Å². The minimum atomic E-state index is -3.09. The van der Waals surface area contributed by atoms with Gasteiger partial charge >= 0.3 is 0 Å². The van der Waals surface area contributed by atoms with E-state index in [0.29, 0.717) is 16.6 Å². The van der Waals surface area contributed by atoms with Crippen LogP contribution in [0.1, 0.15) is 19.3 Å². The smallest absolute Gasteiger partial charge is 0.262 e. The van der Waals surface area contributed by atoms with Gasteiger partial charge in [-0.3, -0.25) is 14.2 Å². The highest BCUT2D eigenvalue weighted by Crippen LogP contribution is 2.33. The van der Waals surface area contributed by atoms with Gasteiger partial charge in [-0.2, -0.15) is 0 Å². The molecule has 0 bridgehead atoms. The summed E-state index contributed by atoms with van der Waals surface area (Å²) in [7, 11) is -3.09. The summed E-state index contributed by atoms with van der Waals surface area (Å²) in [5.74, 6) is -0.0630. The molecule has 1 saturated heterocycles. The third-order valence-corrected chi connectivity index (χ3v) is 8.55. The summed E-state index contributed by atoms with van der Waals surface area (Å²) in [4.78, 5) is 33.8. The maximum atomic E-state index is 13.1. The Balaban J connectivity index is 1.42. The van der Waals surface area contributed by atoms with Crippen LogP contribution in [0.3, 0.4) is 0 Å². The highest BCUT2D eigenvalue weighted by molar-refractivity contribution is 7.91. The van der Waals surface area contributed by atoms with Crippen molar-refractivity contribution in [1.29, 1.82) is 0 Å². The highest BCUT2D eigenvalue weighted by Gasteiger charge is 2.42. The number of sulfone groups is 1. The molecule has 3 aromatic rings. The quantitative estimate of drug-likeness (QED) is 0.604. The lowest BCUT2D eigenvalue weighted by molar-refractivity contribution is -0.134. The van der Waals surface area contributed by atoms with Gasteiger partial charge in [-0.05, 0) is 30.9 Å². The molecule has 1 atom stereocenters. The number of nitrogens with zero attached hydrogens (tertiary/aromatic N) is 3. The second-order valence-corrected chi connectivity index (χ2v) is 11.2. The highest BCUT2D eigenvalue weighted by atomic mass is 32.2. The predicted molar refractivity (Wildman–Crippen MR) is 116 cm³/mol. The number of amides is 1. The Bertz CT molecular complexity index is 1280. The molecule has 2 aliphatic rings. The van der Waals surface area contributed by atoms with Crippen LogP contribution in [0.5, 0.6) is 0 Å². The first kappa shape index (κ1) is 19.4. The number of fused-ring (bicyclic) bond motifs is 1. The van der Waals surface area contributed by atoms with E-state index < -0.39 is 9.84 Å². The van der Waals surface area contributed by atoms with Gasteiger partial charge in [0.2, 0.25) is 5.91 Å². The van der Waals surface area contributed by atoms with Crippen LogP contribution in [0.15, 0.2) is 47.5 Å². The van der Waals surface area contributed by atoms with Crippen molar-refractivity contribution in [3.05, 3.63) is 53.1 Å². The van der Waals surface area contributed by atoms with Crippen molar-refractivity contribution in [3.8, 4) is 10.4 Å². The first-order valence-electron chi connectivity index (χ1n) is 9.97. The Morgan fingerprint density at radius 3 is 2.60 bits per heavy atom. The van der Waals surface area contributed by atoms with Crippen LogP contribution in [0.25, 0.3) is 20.7 Å². The zero-order valence-corrected chi connectivity index (χ0v) is 17.9. The second kappa shape index (κ2) is 7.31. The number of hydrogen-bond acceptors (Lipinski definition) is 6. The zero-order valence-electron chi connectivity index (χ0n) is 16.2. The molecule has 0 spiro atoms. The lowest BCUT2D eigenvalue weighted by Gasteiger charge is -2.28. The van der Waals surface area contributed by atoms with Crippen LogP contribution in [-0.2, 0) is 21.2 Å². The number of thiophene rings is 1. The molecule has 0 radical (unpaired) electrons. The summed E-state index contributed by atoms with van der Waals surface area (Å²) in [5.41, 5.74) is 0.770. The summed E-state index contributed by atoms with van der Waals surface area (Å²) in [6.07, 6.45) is 3.67. The van der Waals surface area contributed by atoms with Gasteiger partial charge in [-0.1, -0.05) is 30.3 Å². The lowest BCUT2D eigenvalue weighted by atomic mass is 10.2. The Hall–Kier alpha value is -2.52. The van der Waals surface area contributed by atoms with Gasteiger partial charge < -0.3 is 4.90 Å². The number of rotatable bonds is 5. The maximum Gasteiger partial charge on any atom is 0.262 e. The van der Waals surface area contributed by atoms with E-state index in [9.17, 15) is 18.0 Å². The van der Waals surface area contributed by atoms with Gasteiger partial charge in [0.25, 0.3) is 5.56 Å². The molecule has 1 aromatic carbocycles. The first-order chi connectivity index (χ1) is 14.4. The van der Waals surface area contributed by atoms with Gasteiger partial charge in [0.05, 0.1) is 23.2 Å². The molecule has 9 heteroatoms. The van der Waals surface area contributed by atoms with Crippen molar-refractivity contribution in [2.45, 2.75) is 37.9 Å². The molecule has 0 unspecified atom stereocenters. The van der Waals surface area contributed by atoms with Crippen LogP contribution in [0.2, 0.25) is 0 Å². The van der Waals surface area contributed by atoms with Gasteiger partial charge in [0, 0.05) is 17.0 Å². The predicted octanol–water partition coefficient (Wildman–Crippen LogP) is 2.30. The monoisotopic (exact) mass is 443 g/mol. The van der Waals surface area contributed by atoms with E-state index in [0.717, 1.165) is 23.3 Å². The van der Waals surface area contributed by atoms with Crippen molar-refractivity contribution in [2.75, 3.05) is 11.5 Å². The van der Waals surface area contributed by atoms with Crippen LogP contribution in [-0.4, -0.2) is 52.4 Å². The molecule has 2 fully saturated rings. The number of hydrogen-bond donors (Lipinski definition) is 0. The largest absolute Gasteiger partial charge is 0.334 e. The fourth-order valence-corrected chi connectivity index (χ4v) is 6.80. The summed E-state index contributed by atoms with van der Waals surface area (Å²) >= 11 is 1.45. The fourth-order valence-electron chi connectivity index (χ4n) is 4.10. The molecule has 156 valence electrons.